The Bertz CT molecular complexity index is 211. The number of esters is 2. The molecule has 0 aromatic carbocycles. The first kappa shape index (κ1) is 14.1. The Morgan fingerprint density at radius 2 is 1.80 bits per heavy atom. The largest absolute Gasteiger partial charge is 0.396 e. The highest BCUT2D eigenvalue weighted by molar-refractivity contribution is 5.85. The molecule has 0 aromatic heterocycles. The van der Waals surface area contributed by atoms with Gasteiger partial charge in [0, 0.05) is 19.4 Å². The van der Waals surface area contributed by atoms with Gasteiger partial charge in [-0.05, 0) is 18.3 Å². The molecule has 88 valence electrons. The van der Waals surface area contributed by atoms with Gasteiger partial charge in [0.15, 0.2) is 0 Å². The number of carbonyl (C=O) groups is 2. The third-order valence-corrected chi connectivity index (χ3v) is 1.96. The van der Waals surface area contributed by atoms with E-state index in [1.54, 1.807) is 0 Å². The fraction of sp³-hybridized carbons (Fsp3) is 0.818. The second-order valence-corrected chi connectivity index (χ2v) is 4.27. The van der Waals surface area contributed by atoms with Gasteiger partial charge in [0.25, 0.3) is 0 Å². The second kappa shape index (κ2) is 7.40. The molecule has 0 aromatic rings. The Kier molecular flexibility index (Phi) is 6.96. The Morgan fingerprint density at radius 1 is 1.20 bits per heavy atom. The summed E-state index contributed by atoms with van der Waals surface area (Å²) in [5, 5.41) is 8.73. The average molecular weight is 216 g/mol. The summed E-state index contributed by atoms with van der Waals surface area (Å²) in [6, 6.07) is 0. The minimum Gasteiger partial charge on any atom is -0.396 e. The van der Waals surface area contributed by atoms with Crippen molar-refractivity contribution in [3.8, 4) is 0 Å². The summed E-state index contributed by atoms with van der Waals surface area (Å²) in [5.74, 6) is -0.702. The molecule has 1 N–H and O–H groups in total. The number of aliphatic hydroxyl groups excluding tert-OH is 1. The number of hydrogen-bond acceptors (Lipinski definition) is 4. The maximum atomic E-state index is 11.1. The van der Waals surface area contributed by atoms with Crippen LogP contribution in [-0.2, 0) is 14.3 Å². The van der Waals surface area contributed by atoms with Crippen LogP contribution in [0.15, 0.2) is 0 Å². The van der Waals surface area contributed by atoms with Gasteiger partial charge in [0.1, 0.15) is 0 Å². The van der Waals surface area contributed by atoms with Crippen molar-refractivity contribution in [2.24, 2.45) is 11.8 Å². The maximum absolute atomic E-state index is 11.1. The van der Waals surface area contributed by atoms with Crippen LogP contribution in [0.5, 0.6) is 0 Å². The van der Waals surface area contributed by atoms with Crippen LogP contribution in [0.1, 0.15) is 40.0 Å². The van der Waals surface area contributed by atoms with Crippen LogP contribution < -0.4 is 0 Å². The summed E-state index contributed by atoms with van der Waals surface area (Å²) < 4.78 is 4.60. The highest BCUT2D eigenvalue weighted by Gasteiger charge is 2.13. The van der Waals surface area contributed by atoms with Gasteiger partial charge >= 0.3 is 11.9 Å². The smallest absolute Gasteiger partial charge is 0.313 e. The van der Waals surface area contributed by atoms with Gasteiger partial charge < -0.3 is 9.84 Å². The molecule has 0 spiro atoms. The molecule has 0 saturated heterocycles. The molecule has 0 rings (SSSR count). The molecule has 0 aliphatic rings. The van der Waals surface area contributed by atoms with Crippen LogP contribution in [0.2, 0.25) is 0 Å². The molecule has 4 nitrogen and oxygen atoms in total. The van der Waals surface area contributed by atoms with Crippen LogP contribution in [-0.4, -0.2) is 23.7 Å². The molecule has 0 fully saturated rings. The van der Waals surface area contributed by atoms with Gasteiger partial charge in [-0.25, -0.2) is 0 Å². The first-order valence-corrected chi connectivity index (χ1v) is 5.30. The van der Waals surface area contributed by atoms with Crippen molar-refractivity contribution in [3.63, 3.8) is 0 Å². The van der Waals surface area contributed by atoms with Crippen LogP contribution in [0.4, 0.5) is 0 Å². The van der Waals surface area contributed by atoms with Gasteiger partial charge in [-0.1, -0.05) is 20.8 Å². The summed E-state index contributed by atoms with van der Waals surface area (Å²) >= 11 is 0. The van der Waals surface area contributed by atoms with Crippen molar-refractivity contribution in [1.29, 1.82) is 0 Å². The molecule has 0 aliphatic carbocycles. The summed E-state index contributed by atoms with van der Waals surface area (Å²) in [5.41, 5.74) is 0. The zero-order valence-corrected chi connectivity index (χ0v) is 9.66. The molecule has 1 atom stereocenters. The van der Waals surface area contributed by atoms with E-state index in [9.17, 15) is 9.59 Å². The monoisotopic (exact) mass is 216 g/mol. The van der Waals surface area contributed by atoms with E-state index in [0.717, 1.165) is 0 Å². The molecule has 0 heterocycles. The van der Waals surface area contributed by atoms with Crippen LogP contribution in [0, 0.1) is 11.8 Å². The SMILES string of the molecule is CC(C)CC(=O)OC(=O)CCC(C)CO. The highest BCUT2D eigenvalue weighted by atomic mass is 16.6. The van der Waals surface area contributed by atoms with Crippen molar-refractivity contribution >= 4 is 11.9 Å². The standard InChI is InChI=1S/C11H20O4/c1-8(2)6-11(14)15-10(13)5-4-9(3)7-12/h8-9,12H,4-7H2,1-3H3. The average Bonchev–Trinajstić information content (AvgIpc) is 2.12. The predicted octanol–water partition coefficient (Wildman–Crippen LogP) is 1.51. The Morgan fingerprint density at radius 3 is 2.27 bits per heavy atom. The van der Waals surface area contributed by atoms with E-state index in [4.69, 9.17) is 5.11 Å². The number of aliphatic hydroxyl groups is 1. The Labute approximate surface area is 90.6 Å². The van der Waals surface area contributed by atoms with E-state index in [2.05, 4.69) is 4.74 Å². The maximum Gasteiger partial charge on any atom is 0.313 e. The minimum absolute atomic E-state index is 0.0488. The van der Waals surface area contributed by atoms with Gasteiger partial charge in [-0.15, -0.1) is 0 Å². The lowest BCUT2D eigenvalue weighted by Crippen LogP contribution is -2.15. The van der Waals surface area contributed by atoms with Crippen molar-refractivity contribution in [1.82, 2.24) is 0 Å². The van der Waals surface area contributed by atoms with E-state index >= 15 is 0 Å². The highest BCUT2D eigenvalue weighted by Crippen LogP contribution is 2.07. The van der Waals surface area contributed by atoms with E-state index < -0.39 is 11.9 Å². The first-order chi connectivity index (χ1) is 6.95. The van der Waals surface area contributed by atoms with Crippen molar-refractivity contribution in [3.05, 3.63) is 0 Å². The van der Waals surface area contributed by atoms with Crippen LogP contribution in [0.3, 0.4) is 0 Å². The lowest BCUT2D eigenvalue weighted by molar-refractivity contribution is -0.160. The van der Waals surface area contributed by atoms with Gasteiger partial charge in [0.05, 0.1) is 0 Å². The van der Waals surface area contributed by atoms with E-state index in [1.165, 1.54) is 0 Å². The number of carbonyl (C=O) groups excluding carboxylic acids is 2. The summed E-state index contributed by atoms with van der Waals surface area (Å²) in [6.45, 7) is 5.66. The predicted molar refractivity (Wildman–Crippen MR) is 56.0 cm³/mol. The zero-order valence-electron chi connectivity index (χ0n) is 9.66. The quantitative estimate of drug-likeness (QED) is 0.540. The fourth-order valence-electron chi connectivity index (χ4n) is 1.01. The number of rotatable bonds is 6. The van der Waals surface area contributed by atoms with Gasteiger partial charge in [-0.2, -0.15) is 0 Å². The lowest BCUT2D eigenvalue weighted by atomic mass is 10.1. The van der Waals surface area contributed by atoms with Crippen molar-refractivity contribution in [2.45, 2.75) is 40.0 Å². The van der Waals surface area contributed by atoms with Crippen LogP contribution >= 0.6 is 0 Å². The normalized spacial score (nSPS) is 12.6. The third-order valence-electron chi connectivity index (χ3n) is 1.96. The molecule has 15 heavy (non-hydrogen) atoms. The molecule has 1 unspecified atom stereocenters. The lowest BCUT2D eigenvalue weighted by Gasteiger charge is -2.07. The van der Waals surface area contributed by atoms with E-state index in [0.29, 0.717) is 6.42 Å². The Balaban J connectivity index is 3.69. The summed E-state index contributed by atoms with van der Waals surface area (Å²) in [7, 11) is 0. The zero-order chi connectivity index (χ0) is 11.8. The molecular weight excluding hydrogens is 196 g/mol. The summed E-state index contributed by atoms with van der Waals surface area (Å²) in [6.07, 6.45) is 0.997. The minimum atomic E-state index is -0.499. The number of ether oxygens (including phenoxy) is 1. The van der Waals surface area contributed by atoms with Gasteiger partial charge in [-0.3, -0.25) is 9.59 Å². The molecule has 0 amide bonds. The van der Waals surface area contributed by atoms with Gasteiger partial charge in [0.2, 0.25) is 0 Å². The molecule has 0 saturated carbocycles. The topological polar surface area (TPSA) is 63.6 Å². The first-order valence-electron chi connectivity index (χ1n) is 5.30. The molecule has 0 bridgehead atoms. The van der Waals surface area contributed by atoms with Crippen molar-refractivity contribution < 1.29 is 19.4 Å². The third kappa shape index (κ3) is 8.12. The Hall–Kier alpha value is -0.900. The molecule has 4 heteroatoms. The van der Waals surface area contributed by atoms with E-state index in [1.807, 2.05) is 20.8 Å². The molecule has 0 radical (unpaired) electrons. The number of hydrogen-bond donors (Lipinski definition) is 1. The fourth-order valence-corrected chi connectivity index (χ4v) is 1.01. The second-order valence-electron chi connectivity index (χ2n) is 4.27. The molecule has 0 aliphatic heterocycles. The van der Waals surface area contributed by atoms with Crippen molar-refractivity contribution in [2.75, 3.05) is 6.61 Å². The summed E-state index contributed by atoms with van der Waals surface area (Å²) in [4.78, 5) is 22.2. The van der Waals surface area contributed by atoms with E-state index in [-0.39, 0.29) is 31.3 Å². The van der Waals surface area contributed by atoms with Crippen LogP contribution in [0.25, 0.3) is 0 Å². The molecular formula is C11H20O4.